The molecule has 3 N–H and O–H groups in total. The van der Waals surface area contributed by atoms with Crippen LogP contribution in [0, 0.1) is 38.5 Å². The van der Waals surface area contributed by atoms with Crippen LogP contribution >= 0.6 is 0 Å². The fourth-order valence-electron chi connectivity index (χ4n) is 10.9. The fraction of sp³-hybridized carbons (Fsp3) is 0.603. The maximum Gasteiger partial charge on any atom is 0.306 e. The topological polar surface area (TPSA) is 96.2 Å². The lowest BCUT2D eigenvalue weighted by molar-refractivity contribution is -0.142. The zero-order chi connectivity index (χ0) is 51.2. The first-order chi connectivity index (χ1) is 32.7. The molecule has 0 aromatic heterocycles. The second-order valence-electron chi connectivity index (χ2n) is 22.1. The van der Waals surface area contributed by atoms with E-state index in [0.29, 0.717) is 18.8 Å². The van der Waals surface area contributed by atoms with Gasteiger partial charge >= 0.3 is 5.97 Å². The van der Waals surface area contributed by atoms with Gasteiger partial charge < -0.3 is 24.8 Å². The summed E-state index contributed by atoms with van der Waals surface area (Å²) < 4.78 is 11.3. The summed E-state index contributed by atoms with van der Waals surface area (Å²) in [5.74, 6) is 1.08. The van der Waals surface area contributed by atoms with E-state index in [4.69, 9.17) is 9.47 Å². The molecule has 2 unspecified atom stereocenters. The van der Waals surface area contributed by atoms with Gasteiger partial charge in [-0.2, -0.15) is 0 Å². The molecule has 1 aliphatic heterocycles. The minimum atomic E-state index is -0.289. The summed E-state index contributed by atoms with van der Waals surface area (Å²) in [6.07, 6.45) is 14.8. The van der Waals surface area contributed by atoms with Crippen molar-refractivity contribution < 1.29 is 29.6 Å². The van der Waals surface area contributed by atoms with Crippen LogP contribution < -0.4 is 4.74 Å². The van der Waals surface area contributed by atoms with Gasteiger partial charge in [0.05, 0.1) is 12.2 Å². The molecule has 4 aromatic carbocycles. The molecule has 6 heteroatoms. The smallest absolute Gasteiger partial charge is 0.306 e. The van der Waals surface area contributed by atoms with E-state index in [-0.39, 0.29) is 45.9 Å². The third-order valence-corrected chi connectivity index (χ3v) is 16.6. The predicted octanol–water partition coefficient (Wildman–Crippen LogP) is 15.6. The van der Waals surface area contributed by atoms with Crippen LogP contribution in [0.5, 0.6) is 11.5 Å². The highest BCUT2D eigenvalue weighted by Crippen LogP contribution is 2.43. The van der Waals surface area contributed by atoms with Crippen LogP contribution in [-0.2, 0) is 33.2 Å². The number of esters is 1. The number of aliphatic hydroxyl groups is 2. The molecule has 6 nitrogen and oxygen atoms in total. The molecule has 0 saturated carbocycles. The van der Waals surface area contributed by atoms with Crippen LogP contribution in [0.15, 0.2) is 72.8 Å². The van der Waals surface area contributed by atoms with Gasteiger partial charge in [0.2, 0.25) is 0 Å². The van der Waals surface area contributed by atoms with Gasteiger partial charge in [0.25, 0.3) is 0 Å². The van der Waals surface area contributed by atoms with Crippen LogP contribution in [-0.4, -0.2) is 46.2 Å². The summed E-state index contributed by atoms with van der Waals surface area (Å²) in [7, 11) is 0. The number of phenols is 1. The average molecular weight is 947 g/mol. The predicted molar refractivity (Wildman–Crippen MR) is 289 cm³/mol. The average Bonchev–Trinajstić information content (AvgIpc) is 3.76. The summed E-state index contributed by atoms with van der Waals surface area (Å²) in [5, 5.41) is 31.7. The molecule has 0 aliphatic carbocycles. The lowest BCUT2D eigenvalue weighted by Crippen LogP contribution is -2.30. The molecule has 5 rings (SSSR count). The van der Waals surface area contributed by atoms with Crippen molar-refractivity contribution in [2.75, 3.05) is 6.61 Å². The minimum absolute atomic E-state index is 0.0276. The third-order valence-electron chi connectivity index (χ3n) is 16.6. The van der Waals surface area contributed by atoms with Crippen molar-refractivity contribution in [3.63, 3.8) is 0 Å². The number of benzene rings is 4. The quantitative estimate of drug-likeness (QED) is 0.0573. The first kappa shape index (κ1) is 57.4. The van der Waals surface area contributed by atoms with Gasteiger partial charge in [-0.15, -0.1) is 0 Å². The van der Waals surface area contributed by atoms with Gasteiger partial charge in [-0.25, -0.2) is 0 Å². The van der Waals surface area contributed by atoms with Crippen LogP contribution in [0.3, 0.4) is 0 Å². The summed E-state index contributed by atoms with van der Waals surface area (Å²) in [6, 6.07) is 26.4. The number of aliphatic hydroxyl groups excluding tert-OH is 2. The molecule has 4 aromatic rings. The second-order valence-corrected chi connectivity index (χ2v) is 22.1. The maximum absolute atomic E-state index is 11.4. The van der Waals surface area contributed by atoms with Crippen molar-refractivity contribution in [3.05, 3.63) is 128 Å². The van der Waals surface area contributed by atoms with E-state index in [1.807, 2.05) is 13.0 Å². The summed E-state index contributed by atoms with van der Waals surface area (Å²) >= 11 is 0. The molecule has 1 heterocycles. The van der Waals surface area contributed by atoms with Gasteiger partial charge in [0, 0.05) is 17.3 Å². The monoisotopic (exact) mass is 947 g/mol. The van der Waals surface area contributed by atoms with E-state index in [1.54, 1.807) is 0 Å². The number of rotatable bonds is 25. The van der Waals surface area contributed by atoms with Crippen molar-refractivity contribution in [1.82, 2.24) is 0 Å². The normalized spacial score (nSPS) is 15.4. The molecule has 1 aliphatic rings. The maximum atomic E-state index is 11.4. The minimum Gasteiger partial charge on any atom is -0.508 e. The molecular weight excluding hydrogens is 853 g/mol. The van der Waals surface area contributed by atoms with Gasteiger partial charge in [0.15, 0.2) is 0 Å². The summed E-state index contributed by atoms with van der Waals surface area (Å²) in [4.78, 5) is 11.4. The summed E-state index contributed by atoms with van der Waals surface area (Å²) in [6.45, 7) is 31.1. The lowest BCUT2D eigenvalue weighted by Gasteiger charge is -2.34. The van der Waals surface area contributed by atoms with E-state index >= 15 is 0 Å². The van der Waals surface area contributed by atoms with E-state index in [2.05, 4.69) is 157 Å². The van der Waals surface area contributed by atoms with E-state index in [9.17, 15) is 20.1 Å². The molecule has 69 heavy (non-hydrogen) atoms. The molecule has 0 amide bonds. The molecular formula is C63H94O6. The second kappa shape index (κ2) is 25.8. The van der Waals surface area contributed by atoms with E-state index in [1.165, 1.54) is 63.8 Å². The van der Waals surface area contributed by atoms with Crippen molar-refractivity contribution in [2.45, 2.75) is 229 Å². The molecule has 1 saturated heterocycles. The Kier molecular flexibility index (Phi) is 21.5. The van der Waals surface area contributed by atoms with Crippen molar-refractivity contribution >= 4 is 5.97 Å². The Balaban J connectivity index is 0.000000307. The van der Waals surface area contributed by atoms with Gasteiger partial charge in [-0.05, 0) is 177 Å². The number of phenolic OH excluding ortho intramolecular Hbond substituents is 1. The Bertz CT molecular complexity index is 2220. The Morgan fingerprint density at radius 2 is 1.00 bits per heavy atom. The number of cyclic esters (lactones) is 1. The lowest BCUT2D eigenvalue weighted by atomic mass is 9.69. The fourth-order valence-corrected chi connectivity index (χ4v) is 10.9. The Hall–Kier alpha value is -4.13. The number of aryl methyl sites for hydroxylation is 6. The Morgan fingerprint density at radius 1 is 0.594 bits per heavy atom. The Morgan fingerprint density at radius 3 is 1.36 bits per heavy atom. The van der Waals surface area contributed by atoms with Gasteiger partial charge in [-0.1, -0.05) is 156 Å². The number of hydrogen-bond donors (Lipinski definition) is 3. The standard InChI is InChI=1S/C34H50O4.C29H44O2/c1-8-11-20-33(6,7)31(35)18-13-26-12-14-27(21-24(26)4)34(9-2,10-3)28-15-17-30(25(5)22-28)37-23-29-16-19-32(36)38-29;1-8-11-18-28(6,7)27(31)17-13-23-12-14-24(19-21(23)4)29(9-2,10-3)25-15-16-26(30)22(5)20-25/h12,14-15,17,21-22,29,31,35H,8-11,13,16,18-20,23H2,1-7H3;12,14-16,19-20,27,30-31H,8-11,13,17-18H2,1-7H3/t29-,31?;/m0./s1. The first-order valence-electron chi connectivity index (χ1n) is 27.0. The SMILES string of the molecule is CCCCC(C)(C)C(O)CCc1ccc(C(CC)(CC)c2ccc(O)c(C)c2)cc1C.CCCCC(C)(C)C(O)CCc1ccc(C(CC)(CC)c2ccc(OC[C@@H]3CCC(=O)O3)c(C)c2)cc1C. The van der Waals surface area contributed by atoms with Crippen molar-refractivity contribution in [3.8, 4) is 11.5 Å². The molecule has 3 atom stereocenters. The summed E-state index contributed by atoms with van der Waals surface area (Å²) in [5.41, 5.74) is 12.4. The molecule has 1 fully saturated rings. The van der Waals surface area contributed by atoms with Gasteiger partial charge in [-0.3, -0.25) is 4.79 Å². The number of hydrogen-bond acceptors (Lipinski definition) is 6. The number of unbranched alkanes of at least 4 members (excludes halogenated alkanes) is 2. The third kappa shape index (κ3) is 14.5. The molecule has 0 bridgehead atoms. The molecule has 382 valence electrons. The van der Waals surface area contributed by atoms with E-state index < -0.39 is 0 Å². The zero-order valence-corrected chi connectivity index (χ0v) is 45.7. The first-order valence-corrected chi connectivity index (χ1v) is 27.0. The molecule has 0 spiro atoms. The molecule has 0 radical (unpaired) electrons. The van der Waals surface area contributed by atoms with Crippen LogP contribution in [0.25, 0.3) is 0 Å². The number of carbonyl (C=O) groups excluding carboxylic acids is 1. The zero-order valence-electron chi connectivity index (χ0n) is 45.7. The van der Waals surface area contributed by atoms with Crippen molar-refractivity contribution in [1.29, 1.82) is 0 Å². The largest absolute Gasteiger partial charge is 0.508 e. The highest BCUT2D eigenvalue weighted by atomic mass is 16.6. The van der Waals surface area contributed by atoms with Crippen LogP contribution in [0.4, 0.5) is 0 Å². The van der Waals surface area contributed by atoms with Crippen LogP contribution in [0.1, 0.15) is 215 Å². The van der Waals surface area contributed by atoms with Gasteiger partial charge in [0.1, 0.15) is 24.2 Å². The number of carbonyl (C=O) groups is 1. The Labute approximate surface area is 420 Å². The van der Waals surface area contributed by atoms with E-state index in [0.717, 1.165) is 93.9 Å². The van der Waals surface area contributed by atoms with Crippen LogP contribution in [0.2, 0.25) is 0 Å². The highest BCUT2D eigenvalue weighted by Gasteiger charge is 2.34. The van der Waals surface area contributed by atoms with Crippen molar-refractivity contribution in [2.24, 2.45) is 10.8 Å². The highest BCUT2D eigenvalue weighted by molar-refractivity contribution is 5.71. The number of aromatic hydroxyl groups is 1. The number of ether oxygens (including phenoxy) is 2.